The lowest BCUT2D eigenvalue weighted by Gasteiger charge is -2.35. The average molecular weight is 326 g/mol. The van der Waals surface area contributed by atoms with Gasteiger partial charge in [-0.1, -0.05) is 30.7 Å². The van der Waals surface area contributed by atoms with E-state index in [1.54, 1.807) is 12.1 Å². The van der Waals surface area contributed by atoms with E-state index in [1.165, 1.54) is 0 Å². The van der Waals surface area contributed by atoms with Crippen LogP contribution in [0.2, 0.25) is 5.02 Å². The molecule has 122 valence electrons. The normalized spacial score (nSPS) is 18.1. The molecule has 0 aliphatic carbocycles. The lowest BCUT2D eigenvalue weighted by atomic mass is 10.2. The Labute approximate surface area is 136 Å². The number of nitrogens with one attached hydrogen (secondary N) is 1. The first-order valence-corrected chi connectivity index (χ1v) is 8.13. The van der Waals surface area contributed by atoms with Gasteiger partial charge in [0, 0.05) is 32.7 Å². The summed E-state index contributed by atoms with van der Waals surface area (Å²) >= 11 is 6.03. The Balaban J connectivity index is 1.74. The minimum absolute atomic E-state index is 0.0462. The average Bonchev–Trinajstić information content (AvgIpc) is 2.51. The standard InChI is InChI=1S/C16H24ClN3O2/c1-2-13(21)11-19-7-9-20(10-8-19)12-16(22)18-15-6-4-3-5-14(15)17/h3-6,13,21H,2,7-12H2,1H3,(H,18,22)/t13-/m1/s1. The molecule has 2 rings (SSSR count). The van der Waals surface area contributed by atoms with Gasteiger partial charge >= 0.3 is 0 Å². The minimum atomic E-state index is -0.255. The van der Waals surface area contributed by atoms with E-state index >= 15 is 0 Å². The summed E-state index contributed by atoms with van der Waals surface area (Å²) in [5, 5.41) is 13.1. The van der Waals surface area contributed by atoms with E-state index in [2.05, 4.69) is 15.1 Å². The van der Waals surface area contributed by atoms with Crippen LogP contribution >= 0.6 is 11.6 Å². The number of aliphatic hydroxyl groups is 1. The molecule has 1 aliphatic heterocycles. The molecule has 1 aliphatic rings. The van der Waals surface area contributed by atoms with Crippen LogP contribution in [0.5, 0.6) is 0 Å². The van der Waals surface area contributed by atoms with E-state index in [4.69, 9.17) is 11.6 Å². The molecule has 1 heterocycles. The van der Waals surface area contributed by atoms with Crippen LogP contribution in [-0.4, -0.2) is 66.2 Å². The number of carbonyl (C=O) groups excluding carboxylic acids is 1. The van der Waals surface area contributed by atoms with Crippen molar-refractivity contribution >= 4 is 23.2 Å². The Morgan fingerprint density at radius 1 is 1.27 bits per heavy atom. The second kappa shape index (κ2) is 8.48. The number of benzene rings is 1. The predicted octanol–water partition coefficient (Wildman–Crippen LogP) is 1.67. The van der Waals surface area contributed by atoms with Crippen molar-refractivity contribution in [1.29, 1.82) is 0 Å². The van der Waals surface area contributed by atoms with Crippen molar-refractivity contribution in [1.82, 2.24) is 9.80 Å². The molecule has 22 heavy (non-hydrogen) atoms. The van der Waals surface area contributed by atoms with Crippen molar-refractivity contribution < 1.29 is 9.90 Å². The third kappa shape index (κ3) is 5.25. The maximum Gasteiger partial charge on any atom is 0.238 e. The van der Waals surface area contributed by atoms with Gasteiger partial charge in [-0.05, 0) is 18.6 Å². The summed E-state index contributed by atoms with van der Waals surface area (Å²) in [6, 6.07) is 7.24. The fourth-order valence-corrected chi connectivity index (χ4v) is 2.70. The summed E-state index contributed by atoms with van der Waals surface area (Å²) in [5.74, 6) is -0.0462. The number of halogens is 1. The number of anilines is 1. The van der Waals surface area contributed by atoms with Gasteiger partial charge in [0.25, 0.3) is 0 Å². The summed E-state index contributed by atoms with van der Waals surface area (Å²) < 4.78 is 0. The number of hydrogen-bond acceptors (Lipinski definition) is 4. The molecule has 1 aromatic rings. The molecule has 6 heteroatoms. The van der Waals surface area contributed by atoms with Crippen LogP contribution in [0.15, 0.2) is 24.3 Å². The highest BCUT2D eigenvalue weighted by molar-refractivity contribution is 6.33. The highest BCUT2D eigenvalue weighted by atomic mass is 35.5. The van der Waals surface area contributed by atoms with Gasteiger partial charge < -0.3 is 10.4 Å². The van der Waals surface area contributed by atoms with Crippen molar-refractivity contribution in [3.63, 3.8) is 0 Å². The predicted molar refractivity (Wildman–Crippen MR) is 89.3 cm³/mol. The molecule has 5 nitrogen and oxygen atoms in total. The second-order valence-electron chi connectivity index (χ2n) is 5.67. The maximum atomic E-state index is 12.1. The van der Waals surface area contributed by atoms with Gasteiger partial charge in [0.15, 0.2) is 0 Å². The summed E-state index contributed by atoms with van der Waals surface area (Å²) in [7, 11) is 0. The summed E-state index contributed by atoms with van der Waals surface area (Å²) in [6.45, 7) is 6.52. The van der Waals surface area contributed by atoms with Crippen LogP contribution in [0, 0.1) is 0 Å². The molecule has 1 amide bonds. The van der Waals surface area contributed by atoms with E-state index in [0.29, 0.717) is 17.3 Å². The van der Waals surface area contributed by atoms with Crippen molar-refractivity contribution in [2.45, 2.75) is 19.4 Å². The molecule has 1 saturated heterocycles. The highest BCUT2D eigenvalue weighted by Gasteiger charge is 2.20. The Morgan fingerprint density at radius 3 is 2.55 bits per heavy atom. The number of amides is 1. The fraction of sp³-hybridized carbons (Fsp3) is 0.562. The van der Waals surface area contributed by atoms with Crippen LogP contribution < -0.4 is 5.32 Å². The van der Waals surface area contributed by atoms with Crippen LogP contribution in [0.1, 0.15) is 13.3 Å². The molecule has 1 fully saturated rings. The second-order valence-corrected chi connectivity index (χ2v) is 6.07. The van der Waals surface area contributed by atoms with Crippen LogP contribution in [0.25, 0.3) is 0 Å². The van der Waals surface area contributed by atoms with E-state index in [-0.39, 0.29) is 12.0 Å². The van der Waals surface area contributed by atoms with Gasteiger partial charge in [-0.15, -0.1) is 0 Å². The summed E-state index contributed by atoms with van der Waals surface area (Å²) in [6.07, 6.45) is 0.524. The molecule has 0 saturated carbocycles. The Kier molecular flexibility index (Phi) is 6.64. The van der Waals surface area contributed by atoms with Crippen molar-refractivity contribution in [3.05, 3.63) is 29.3 Å². The zero-order chi connectivity index (χ0) is 15.9. The molecule has 0 radical (unpaired) electrons. The number of aliphatic hydroxyl groups excluding tert-OH is 1. The fourth-order valence-electron chi connectivity index (χ4n) is 2.51. The van der Waals surface area contributed by atoms with Crippen molar-refractivity contribution in [2.75, 3.05) is 44.6 Å². The van der Waals surface area contributed by atoms with Crippen molar-refractivity contribution in [2.24, 2.45) is 0 Å². The van der Waals surface area contributed by atoms with Crippen LogP contribution in [0.4, 0.5) is 5.69 Å². The molecule has 2 N–H and O–H groups in total. The largest absolute Gasteiger partial charge is 0.392 e. The maximum absolute atomic E-state index is 12.1. The van der Waals surface area contributed by atoms with Gasteiger partial charge in [0.05, 0.1) is 23.4 Å². The van der Waals surface area contributed by atoms with Gasteiger partial charge in [-0.2, -0.15) is 0 Å². The molecule has 0 aromatic heterocycles. The first kappa shape index (κ1) is 17.2. The minimum Gasteiger partial charge on any atom is -0.392 e. The zero-order valence-electron chi connectivity index (χ0n) is 13.0. The SMILES string of the molecule is CC[C@@H](O)CN1CCN(CC(=O)Nc2ccccc2Cl)CC1. The van der Waals surface area contributed by atoms with E-state index in [1.807, 2.05) is 19.1 Å². The number of hydrogen-bond donors (Lipinski definition) is 2. The number of carbonyl (C=O) groups is 1. The molecule has 1 aromatic carbocycles. The molecular weight excluding hydrogens is 302 g/mol. The van der Waals surface area contributed by atoms with E-state index in [9.17, 15) is 9.90 Å². The first-order chi connectivity index (χ1) is 10.6. The van der Waals surface area contributed by atoms with Crippen LogP contribution in [0.3, 0.4) is 0 Å². The lowest BCUT2D eigenvalue weighted by molar-refractivity contribution is -0.117. The van der Waals surface area contributed by atoms with Gasteiger partial charge in [-0.25, -0.2) is 0 Å². The third-order valence-electron chi connectivity index (χ3n) is 3.92. The topological polar surface area (TPSA) is 55.8 Å². The van der Waals surface area contributed by atoms with Gasteiger partial charge in [0.2, 0.25) is 5.91 Å². The Hall–Kier alpha value is -1.14. The number of para-hydroxylation sites is 1. The van der Waals surface area contributed by atoms with Gasteiger partial charge in [-0.3, -0.25) is 14.6 Å². The molecule has 1 atom stereocenters. The Bertz CT molecular complexity index is 490. The zero-order valence-corrected chi connectivity index (χ0v) is 13.7. The molecule has 0 spiro atoms. The first-order valence-electron chi connectivity index (χ1n) is 7.75. The van der Waals surface area contributed by atoms with E-state index < -0.39 is 0 Å². The highest BCUT2D eigenvalue weighted by Crippen LogP contribution is 2.20. The number of nitrogens with zero attached hydrogens (tertiary/aromatic N) is 2. The lowest BCUT2D eigenvalue weighted by Crippen LogP contribution is -2.50. The third-order valence-corrected chi connectivity index (χ3v) is 4.25. The van der Waals surface area contributed by atoms with Crippen molar-refractivity contribution in [3.8, 4) is 0 Å². The molecule has 0 unspecified atom stereocenters. The Morgan fingerprint density at radius 2 is 1.91 bits per heavy atom. The smallest absolute Gasteiger partial charge is 0.238 e. The monoisotopic (exact) mass is 325 g/mol. The number of β-amino-alcohol motifs (C(OH)–C–C–N with tert-alkyl or cyclic N) is 1. The molecular formula is C16H24ClN3O2. The van der Waals surface area contributed by atoms with Crippen LogP contribution in [-0.2, 0) is 4.79 Å². The van der Waals surface area contributed by atoms with E-state index in [0.717, 1.165) is 39.1 Å². The molecule has 0 bridgehead atoms. The summed E-state index contributed by atoms with van der Waals surface area (Å²) in [5.41, 5.74) is 0.652. The number of piperazine rings is 1. The van der Waals surface area contributed by atoms with Gasteiger partial charge in [0.1, 0.15) is 0 Å². The quantitative estimate of drug-likeness (QED) is 0.835. The number of rotatable bonds is 6. The summed E-state index contributed by atoms with van der Waals surface area (Å²) in [4.78, 5) is 16.4.